The van der Waals surface area contributed by atoms with E-state index in [9.17, 15) is 17.6 Å². The van der Waals surface area contributed by atoms with Crippen molar-refractivity contribution in [3.05, 3.63) is 52.8 Å². The lowest BCUT2D eigenvalue weighted by Gasteiger charge is -2.23. The number of nitrogens with zero attached hydrogens (tertiary/aromatic N) is 1. The summed E-state index contributed by atoms with van der Waals surface area (Å²) in [5, 5.41) is 0. The Morgan fingerprint density at radius 1 is 1.29 bits per heavy atom. The third-order valence-corrected chi connectivity index (χ3v) is 9.02. The average Bonchev–Trinajstić information content (AvgIpc) is 3.50. The first kappa shape index (κ1) is 24.1. The van der Waals surface area contributed by atoms with Crippen LogP contribution in [0.2, 0.25) is 0 Å². The monoisotopic (exact) mass is 502 g/mol. The Morgan fingerprint density at radius 2 is 2.11 bits per heavy atom. The maximum Gasteiger partial charge on any atom is 0.343 e. The van der Waals surface area contributed by atoms with Crippen LogP contribution in [0, 0.1) is 11.7 Å². The van der Waals surface area contributed by atoms with Gasteiger partial charge in [-0.1, -0.05) is 13.0 Å². The quantitative estimate of drug-likeness (QED) is 0.541. The zero-order chi connectivity index (χ0) is 24.7. The van der Waals surface area contributed by atoms with Gasteiger partial charge in [-0.05, 0) is 86.5 Å². The molecule has 2 aromatic carbocycles. The molecule has 0 radical (unpaired) electrons. The predicted molar refractivity (Wildman–Crippen MR) is 130 cm³/mol. The molecule has 1 aliphatic carbocycles. The van der Waals surface area contributed by atoms with Gasteiger partial charge in [-0.2, -0.15) is 0 Å². The van der Waals surface area contributed by atoms with E-state index in [0.29, 0.717) is 42.2 Å². The summed E-state index contributed by atoms with van der Waals surface area (Å²) in [6, 6.07) is 7.50. The summed E-state index contributed by atoms with van der Waals surface area (Å²) >= 11 is 0. The first-order chi connectivity index (χ1) is 16.8. The predicted octanol–water partition coefficient (Wildman–Crippen LogP) is 4.33. The minimum absolute atomic E-state index is 0.0108. The topological polar surface area (TPSA) is 84.9 Å². The van der Waals surface area contributed by atoms with Crippen LogP contribution in [-0.4, -0.2) is 52.1 Å². The summed E-state index contributed by atoms with van der Waals surface area (Å²) in [5.41, 5.74) is 1.50. The SMILES string of the molecule is CCN1CCCC1CCc1cc(F)ccc1S(=O)(=O)Nc1ccc2c(c1C(=O)OC)OCC1CC21. The lowest BCUT2D eigenvalue weighted by Crippen LogP contribution is -2.29. The highest BCUT2D eigenvalue weighted by Gasteiger charge is 2.45. The number of rotatable bonds is 8. The highest BCUT2D eigenvalue weighted by Crippen LogP contribution is 2.55. The number of carbonyl (C=O) groups excluding carboxylic acids is 1. The Balaban J connectivity index is 1.45. The van der Waals surface area contributed by atoms with Gasteiger partial charge in [-0.25, -0.2) is 17.6 Å². The fourth-order valence-electron chi connectivity index (χ4n) is 5.60. The van der Waals surface area contributed by atoms with E-state index in [4.69, 9.17) is 9.47 Å². The van der Waals surface area contributed by atoms with E-state index in [2.05, 4.69) is 16.5 Å². The van der Waals surface area contributed by atoms with Crippen LogP contribution in [0.4, 0.5) is 10.1 Å². The zero-order valence-electron chi connectivity index (χ0n) is 20.1. The van der Waals surface area contributed by atoms with Gasteiger partial charge in [-0.15, -0.1) is 0 Å². The molecule has 0 bridgehead atoms. The smallest absolute Gasteiger partial charge is 0.343 e. The molecule has 9 heteroatoms. The van der Waals surface area contributed by atoms with Crippen molar-refractivity contribution in [2.24, 2.45) is 5.92 Å². The summed E-state index contributed by atoms with van der Waals surface area (Å²) in [5.74, 6) is 0.0135. The number of hydrogen-bond acceptors (Lipinski definition) is 6. The number of fused-ring (bicyclic) bond motifs is 3. The van der Waals surface area contributed by atoms with E-state index >= 15 is 0 Å². The molecule has 0 aromatic heterocycles. The van der Waals surface area contributed by atoms with Gasteiger partial charge in [0.25, 0.3) is 10.0 Å². The maximum atomic E-state index is 14.1. The number of carbonyl (C=O) groups is 1. The Kier molecular flexibility index (Phi) is 6.48. The van der Waals surface area contributed by atoms with Crippen molar-refractivity contribution in [3.63, 3.8) is 0 Å². The van der Waals surface area contributed by atoms with Gasteiger partial charge in [-0.3, -0.25) is 4.72 Å². The number of aryl methyl sites for hydroxylation is 1. The zero-order valence-corrected chi connectivity index (χ0v) is 20.9. The number of benzene rings is 2. The minimum Gasteiger partial charge on any atom is -0.492 e. The first-order valence-corrected chi connectivity index (χ1v) is 13.7. The van der Waals surface area contributed by atoms with Crippen molar-refractivity contribution in [2.75, 3.05) is 31.5 Å². The van der Waals surface area contributed by atoms with E-state index in [-0.39, 0.29) is 16.1 Å². The Labute approximate surface area is 205 Å². The molecule has 0 spiro atoms. The fourth-order valence-corrected chi connectivity index (χ4v) is 6.93. The van der Waals surface area contributed by atoms with E-state index in [1.165, 1.54) is 19.2 Å². The highest BCUT2D eigenvalue weighted by molar-refractivity contribution is 7.92. The maximum absolute atomic E-state index is 14.1. The van der Waals surface area contributed by atoms with Crippen LogP contribution < -0.4 is 9.46 Å². The normalized spacial score (nSPS) is 23.2. The third-order valence-electron chi connectivity index (χ3n) is 7.55. The molecule has 1 N–H and O–H groups in total. The molecule has 5 rings (SSSR count). The van der Waals surface area contributed by atoms with Gasteiger partial charge in [0.2, 0.25) is 0 Å². The number of halogens is 1. The van der Waals surface area contributed by atoms with Crippen molar-refractivity contribution in [1.82, 2.24) is 4.90 Å². The van der Waals surface area contributed by atoms with Gasteiger partial charge < -0.3 is 14.4 Å². The number of ether oxygens (including phenoxy) is 2. The Morgan fingerprint density at radius 3 is 2.89 bits per heavy atom. The number of hydrogen-bond donors (Lipinski definition) is 1. The van der Waals surface area contributed by atoms with Crippen LogP contribution in [0.25, 0.3) is 0 Å². The van der Waals surface area contributed by atoms with Crippen LogP contribution in [0.1, 0.15) is 60.0 Å². The van der Waals surface area contributed by atoms with Crippen LogP contribution >= 0.6 is 0 Å². The molecule has 2 aliphatic heterocycles. The second-order valence-corrected chi connectivity index (χ2v) is 11.3. The van der Waals surface area contributed by atoms with Crippen molar-refractivity contribution < 1.29 is 27.1 Å². The number of methoxy groups -OCH3 is 1. The molecule has 1 saturated heterocycles. The van der Waals surface area contributed by atoms with Gasteiger partial charge in [0.15, 0.2) is 0 Å². The Hall–Kier alpha value is -2.65. The average molecular weight is 503 g/mol. The summed E-state index contributed by atoms with van der Waals surface area (Å²) in [6.45, 7) is 4.59. The summed E-state index contributed by atoms with van der Waals surface area (Å²) in [4.78, 5) is 15.1. The van der Waals surface area contributed by atoms with Crippen LogP contribution in [0.3, 0.4) is 0 Å². The third kappa shape index (κ3) is 4.63. The lowest BCUT2D eigenvalue weighted by atomic mass is 10.0. The van der Waals surface area contributed by atoms with Crippen molar-refractivity contribution in [1.29, 1.82) is 0 Å². The molecule has 188 valence electrons. The molecule has 2 fully saturated rings. The second kappa shape index (κ2) is 9.43. The van der Waals surface area contributed by atoms with E-state index < -0.39 is 21.8 Å². The number of likely N-dealkylation sites (tertiary alicyclic amines) is 1. The first-order valence-electron chi connectivity index (χ1n) is 12.3. The van der Waals surface area contributed by atoms with Crippen molar-refractivity contribution in [2.45, 2.75) is 55.9 Å². The molecular weight excluding hydrogens is 471 g/mol. The number of nitrogens with one attached hydrogen (secondary N) is 1. The van der Waals surface area contributed by atoms with E-state index in [1.54, 1.807) is 6.07 Å². The van der Waals surface area contributed by atoms with Gasteiger partial charge in [0, 0.05) is 12.0 Å². The van der Waals surface area contributed by atoms with Gasteiger partial charge in [0.1, 0.15) is 17.1 Å². The summed E-state index contributed by atoms with van der Waals surface area (Å²) in [7, 11) is -2.86. The molecule has 1 saturated carbocycles. The fraction of sp³-hybridized carbons (Fsp3) is 0.500. The minimum atomic E-state index is -4.11. The second-order valence-electron chi connectivity index (χ2n) is 9.63. The highest BCUT2D eigenvalue weighted by atomic mass is 32.2. The van der Waals surface area contributed by atoms with E-state index in [0.717, 1.165) is 50.4 Å². The number of esters is 1. The van der Waals surface area contributed by atoms with Gasteiger partial charge >= 0.3 is 5.97 Å². The molecule has 3 unspecified atom stereocenters. The summed E-state index contributed by atoms with van der Waals surface area (Å²) in [6.07, 6.45) is 4.36. The molecule has 2 heterocycles. The number of sulfonamides is 1. The number of anilines is 1. The molecule has 3 atom stereocenters. The molecule has 2 aromatic rings. The van der Waals surface area contributed by atoms with Crippen LogP contribution in [0.5, 0.6) is 5.75 Å². The molecular formula is C26H31FN2O5S. The van der Waals surface area contributed by atoms with Crippen molar-refractivity contribution in [3.8, 4) is 5.75 Å². The van der Waals surface area contributed by atoms with E-state index in [1.807, 2.05) is 6.07 Å². The Bertz CT molecular complexity index is 1250. The standard InChI is InChI=1S/C26H31FN2O5S/c1-3-29-12-4-5-19(29)8-6-16-13-18(27)7-11-23(16)35(31,32)28-22-10-9-20-21-14-17(21)15-34-25(20)24(22)26(30)33-2/h7,9-11,13,17,19,21,28H,3-6,8,12,14-15H2,1-2H3. The molecule has 35 heavy (non-hydrogen) atoms. The van der Waals surface area contributed by atoms with Crippen LogP contribution in [-0.2, 0) is 21.2 Å². The molecule has 0 amide bonds. The van der Waals surface area contributed by atoms with Crippen molar-refractivity contribution >= 4 is 21.7 Å². The molecule has 7 nitrogen and oxygen atoms in total. The lowest BCUT2D eigenvalue weighted by molar-refractivity contribution is 0.0596. The molecule has 3 aliphatic rings. The van der Waals surface area contributed by atoms with Gasteiger partial charge in [0.05, 0.1) is 24.3 Å². The summed E-state index contributed by atoms with van der Waals surface area (Å²) < 4.78 is 54.6. The largest absolute Gasteiger partial charge is 0.492 e. The van der Waals surface area contributed by atoms with Crippen LogP contribution in [0.15, 0.2) is 35.2 Å².